The molecule has 0 amide bonds. The van der Waals surface area contributed by atoms with Gasteiger partial charge in [-0.2, -0.15) is 0 Å². The van der Waals surface area contributed by atoms with Crippen LogP contribution in [0.25, 0.3) is 0 Å². The van der Waals surface area contributed by atoms with E-state index >= 15 is 0 Å². The first kappa shape index (κ1) is 14.9. The second-order valence-corrected chi connectivity index (χ2v) is 5.98. The maximum atomic E-state index is 5.97. The van der Waals surface area contributed by atoms with Crippen LogP contribution in [0.4, 0.5) is 0 Å². The molecule has 0 saturated carbocycles. The Bertz CT molecular complexity index is 647. The van der Waals surface area contributed by atoms with Crippen molar-refractivity contribution in [3.8, 4) is 0 Å². The Morgan fingerprint density at radius 3 is 1.64 bits per heavy atom. The van der Waals surface area contributed by atoms with E-state index in [9.17, 15) is 0 Å². The van der Waals surface area contributed by atoms with Crippen LogP contribution in [0, 0.1) is 0 Å². The van der Waals surface area contributed by atoms with Crippen LogP contribution in [0.15, 0.2) is 84.9 Å². The van der Waals surface area contributed by atoms with E-state index in [-0.39, 0.29) is 0 Å². The molecule has 0 saturated heterocycles. The van der Waals surface area contributed by atoms with Gasteiger partial charge < -0.3 is 0 Å². The van der Waals surface area contributed by atoms with Crippen molar-refractivity contribution in [2.75, 3.05) is 0 Å². The van der Waals surface area contributed by atoms with E-state index in [1.807, 2.05) is 12.1 Å². The second-order valence-electron chi connectivity index (χ2n) is 5.54. The molecular weight excluding hydrogens is 288 g/mol. The Morgan fingerprint density at radius 1 is 0.636 bits per heavy atom. The van der Waals surface area contributed by atoms with Crippen molar-refractivity contribution in [3.05, 3.63) is 107 Å². The van der Waals surface area contributed by atoms with Crippen molar-refractivity contribution in [1.82, 2.24) is 0 Å². The lowest BCUT2D eigenvalue weighted by Gasteiger charge is -2.18. The molecule has 0 heterocycles. The molecule has 3 aromatic carbocycles. The maximum Gasteiger partial charge on any atom is 0.0406 e. The molecule has 0 aliphatic heterocycles. The van der Waals surface area contributed by atoms with Gasteiger partial charge in [-0.25, -0.2) is 0 Å². The molecular formula is C21H19Cl. The number of rotatable bonds is 5. The minimum absolute atomic E-state index is 0.429. The summed E-state index contributed by atoms with van der Waals surface area (Å²) < 4.78 is 0. The topological polar surface area (TPSA) is 0 Å². The Labute approximate surface area is 137 Å². The zero-order valence-electron chi connectivity index (χ0n) is 12.5. The highest BCUT2D eigenvalue weighted by atomic mass is 35.5. The first-order chi connectivity index (χ1) is 10.8. The van der Waals surface area contributed by atoms with E-state index in [0.717, 1.165) is 17.9 Å². The standard InChI is InChI=1S/C21H19Cl/c22-20-14-11-17(12-15-20)13-16-21(18-7-3-1-4-8-18)19-9-5-2-6-10-19/h1-12,14-15,21H,13,16H2. The van der Waals surface area contributed by atoms with Crippen LogP contribution >= 0.6 is 11.6 Å². The number of halogens is 1. The van der Waals surface area contributed by atoms with Gasteiger partial charge in [0.25, 0.3) is 0 Å². The van der Waals surface area contributed by atoms with E-state index in [0.29, 0.717) is 5.92 Å². The smallest absolute Gasteiger partial charge is 0.0406 e. The number of benzene rings is 3. The van der Waals surface area contributed by atoms with E-state index in [4.69, 9.17) is 11.6 Å². The molecule has 0 N–H and O–H groups in total. The molecule has 0 nitrogen and oxygen atoms in total. The largest absolute Gasteiger partial charge is 0.0843 e. The average Bonchev–Trinajstić information content (AvgIpc) is 2.59. The van der Waals surface area contributed by atoms with Gasteiger partial charge in [0.1, 0.15) is 0 Å². The van der Waals surface area contributed by atoms with Crippen LogP contribution in [0.3, 0.4) is 0 Å². The molecule has 0 spiro atoms. The lowest BCUT2D eigenvalue weighted by Crippen LogP contribution is -2.03. The molecule has 22 heavy (non-hydrogen) atoms. The normalized spacial score (nSPS) is 10.8. The number of aryl methyl sites for hydroxylation is 1. The van der Waals surface area contributed by atoms with E-state index in [1.165, 1.54) is 16.7 Å². The zero-order chi connectivity index (χ0) is 15.2. The Balaban J connectivity index is 1.81. The third kappa shape index (κ3) is 3.78. The SMILES string of the molecule is Clc1ccc(CCC(c2ccccc2)c2ccccc2)cc1. The molecule has 0 fully saturated rings. The van der Waals surface area contributed by atoms with Gasteiger partial charge in [0.2, 0.25) is 0 Å². The highest BCUT2D eigenvalue weighted by Gasteiger charge is 2.13. The monoisotopic (exact) mass is 306 g/mol. The molecule has 3 rings (SSSR count). The van der Waals surface area contributed by atoms with Crippen LogP contribution in [0.2, 0.25) is 5.02 Å². The van der Waals surface area contributed by atoms with Crippen molar-refractivity contribution in [3.63, 3.8) is 0 Å². The number of hydrogen-bond acceptors (Lipinski definition) is 0. The van der Waals surface area contributed by atoms with Gasteiger partial charge in [0.15, 0.2) is 0 Å². The Hall–Kier alpha value is -2.05. The molecule has 3 aromatic rings. The predicted molar refractivity (Wildman–Crippen MR) is 94.5 cm³/mol. The summed E-state index contributed by atoms with van der Waals surface area (Å²) in [4.78, 5) is 0. The quantitative estimate of drug-likeness (QED) is 0.534. The summed E-state index contributed by atoms with van der Waals surface area (Å²) >= 11 is 5.97. The first-order valence-corrected chi connectivity index (χ1v) is 8.05. The summed E-state index contributed by atoms with van der Waals surface area (Å²) in [5.41, 5.74) is 4.09. The highest BCUT2D eigenvalue weighted by molar-refractivity contribution is 6.30. The lowest BCUT2D eigenvalue weighted by molar-refractivity contribution is 0.715. The molecule has 0 bridgehead atoms. The molecule has 1 heteroatoms. The van der Waals surface area contributed by atoms with Crippen LogP contribution in [0.1, 0.15) is 29.0 Å². The summed E-state index contributed by atoms with van der Waals surface area (Å²) in [6, 6.07) is 29.7. The van der Waals surface area contributed by atoms with Crippen molar-refractivity contribution < 1.29 is 0 Å². The molecule has 0 unspecified atom stereocenters. The van der Waals surface area contributed by atoms with E-state index in [2.05, 4.69) is 72.8 Å². The number of hydrogen-bond donors (Lipinski definition) is 0. The van der Waals surface area contributed by atoms with E-state index < -0.39 is 0 Å². The van der Waals surface area contributed by atoms with Crippen molar-refractivity contribution in [2.45, 2.75) is 18.8 Å². The van der Waals surface area contributed by atoms with Crippen LogP contribution in [-0.2, 0) is 6.42 Å². The maximum absolute atomic E-state index is 5.97. The van der Waals surface area contributed by atoms with Gasteiger partial charge in [-0.1, -0.05) is 84.4 Å². The van der Waals surface area contributed by atoms with Gasteiger partial charge in [-0.3, -0.25) is 0 Å². The molecule has 0 aromatic heterocycles. The second kappa shape index (κ2) is 7.29. The zero-order valence-corrected chi connectivity index (χ0v) is 13.2. The third-order valence-corrected chi connectivity index (χ3v) is 4.29. The average molecular weight is 307 g/mol. The van der Waals surface area contributed by atoms with E-state index in [1.54, 1.807) is 0 Å². The summed E-state index contributed by atoms with van der Waals surface area (Å²) in [5, 5.41) is 0.798. The fraction of sp³-hybridized carbons (Fsp3) is 0.143. The molecule has 110 valence electrons. The molecule has 0 radical (unpaired) electrons. The summed E-state index contributed by atoms with van der Waals surface area (Å²) in [6.45, 7) is 0. The fourth-order valence-corrected chi connectivity index (χ4v) is 2.98. The summed E-state index contributed by atoms with van der Waals surface area (Å²) in [6.07, 6.45) is 2.14. The third-order valence-electron chi connectivity index (χ3n) is 4.04. The minimum Gasteiger partial charge on any atom is -0.0843 e. The van der Waals surface area contributed by atoms with Crippen molar-refractivity contribution in [2.24, 2.45) is 0 Å². The minimum atomic E-state index is 0.429. The summed E-state index contributed by atoms with van der Waals surface area (Å²) in [7, 11) is 0. The Morgan fingerprint density at radius 2 is 1.14 bits per heavy atom. The fourth-order valence-electron chi connectivity index (χ4n) is 2.86. The predicted octanol–water partition coefficient (Wildman–Crippen LogP) is 6.10. The summed E-state index contributed by atoms with van der Waals surface area (Å²) in [5.74, 6) is 0.429. The van der Waals surface area contributed by atoms with Gasteiger partial charge in [0, 0.05) is 10.9 Å². The van der Waals surface area contributed by atoms with Gasteiger partial charge in [-0.15, -0.1) is 0 Å². The van der Waals surface area contributed by atoms with Gasteiger partial charge in [0.05, 0.1) is 0 Å². The first-order valence-electron chi connectivity index (χ1n) is 7.67. The Kier molecular flexibility index (Phi) is 4.92. The van der Waals surface area contributed by atoms with Gasteiger partial charge in [-0.05, 0) is 41.7 Å². The van der Waals surface area contributed by atoms with Gasteiger partial charge >= 0.3 is 0 Å². The van der Waals surface area contributed by atoms with Crippen molar-refractivity contribution >= 4 is 11.6 Å². The highest BCUT2D eigenvalue weighted by Crippen LogP contribution is 2.29. The van der Waals surface area contributed by atoms with Crippen molar-refractivity contribution in [1.29, 1.82) is 0 Å². The molecule has 0 aliphatic carbocycles. The van der Waals surface area contributed by atoms with Crippen LogP contribution in [0.5, 0.6) is 0 Å². The van der Waals surface area contributed by atoms with Crippen LogP contribution in [-0.4, -0.2) is 0 Å². The molecule has 0 aliphatic rings. The molecule has 0 atom stereocenters. The lowest BCUT2D eigenvalue weighted by atomic mass is 9.86. The van der Waals surface area contributed by atoms with Crippen LogP contribution < -0.4 is 0 Å².